The predicted octanol–water partition coefficient (Wildman–Crippen LogP) is 3.80. The third kappa shape index (κ3) is 3.82. The Bertz CT molecular complexity index is 776. The summed E-state index contributed by atoms with van der Waals surface area (Å²) in [5.74, 6) is 1.32. The quantitative estimate of drug-likeness (QED) is 0.518. The first kappa shape index (κ1) is 17.4. The summed E-state index contributed by atoms with van der Waals surface area (Å²) in [4.78, 5) is 11.1. The molecule has 0 radical (unpaired) electrons. The van der Waals surface area contributed by atoms with Crippen molar-refractivity contribution in [1.29, 1.82) is 0 Å². The lowest BCUT2D eigenvalue weighted by atomic mass is 9.90. The number of benzene rings is 2. The Morgan fingerprint density at radius 3 is 1.76 bits per heavy atom. The average molecular weight is 349 g/mol. The molecule has 128 valence electrons. The van der Waals surface area contributed by atoms with Crippen molar-refractivity contribution in [2.45, 2.75) is 26.3 Å². The minimum Gasteiger partial charge on any atom is -0.458 e. The third-order valence-corrected chi connectivity index (χ3v) is 8.86. The van der Waals surface area contributed by atoms with Gasteiger partial charge >= 0.3 is 0 Å². The van der Waals surface area contributed by atoms with Gasteiger partial charge in [-0.2, -0.15) is 0 Å². The van der Waals surface area contributed by atoms with E-state index in [1.807, 2.05) is 6.07 Å². The SMILES string of the molecule is CC(C)(C)C(c1ccc(C=O)o1)[SiH](c1ccccc1)c1ccccc1. The van der Waals surface area contributed by atoms with Crippen molar-refractivity contribution in [3.8, 4) is 0 Å². The van der Waals surface area contributed by atoms with E-state index in [4.69, 9.17) is 4.42 Å². The van der Waals surface area contributed by atoms with Crippen molar-refractivity contribution in [2.75, 3.05) is 0 Å². The molecule has 2 aromatic carbocycles. The van der Waals surface area contributed by atoms with E-state index in [-0.39, 0.29) is 11.0 Å². The number of aldehydes is 1. The van der Waals surface area contributed by atoms with Gasteiger partial charge in [-0.1, -0.05) is 91.8 Å². The van der Waals surface area contributed by atoms with Gasteiger partial charge in [0.1, 0.15) is 14.6 Å². The topological polar surface area (TPSA) is 30.2 Å². The Morgan fingerprint density at radius 1 is 0.840 bits per heavy atom. The molecule has 0 saturated carbocycles. The second-order valence-electron chi connectivity index (χ2n) is 7.50. The van der Waals surface area contributed by atoms with Gasteiger partial charge < -0.3 is 4.42 Å². The van der Waals surface area contributed by atoms with Crippen LogP contribution in [0.2, 0.25) is 0 Å². The van der Waals surface area contributed by atoms with Crippen molar-refractivity contribution in [3.63, 3.8) is 0 Å². The second kappa shape index (κ2) is 7.24. The Balaban J connectivity index is 2.18. The fourth-order valence-corrected chi connectivity index (χ4v) is 7.52. The molecular formula is C22H24O2Si. The molecule has 0 N–H and O–H groups in total. The third-order valence-electron chi connectivity index (χ3n) is 4.65. The van der Waals surface area contributed by atoms with Gasteiger partial charge in [0, 0.05) is 5.54 Å². The van der Waals surface area contributed by atoms with E-state index in [9.17, 15) is 4.79 Å². The van der Waals surface area contributed by atoms with Crippen molar-refractivity contribution >= 4 is 25.5 Å². The maximum Gasteiger partial charge on any atom is 0.185 e. The molecule has 3 heteroatoms. The molecule has 0 aliphatic heterocycles. The van der Waals surface area contributed by atoms with Crippen LogP contribution in [-0.2, 0) is 0 Å². The fraction of sp³-hybridized carbons (Fsp3) is 0.227. The minimum atomic E-state index is -1.62. The van der Waals surface area contributed by atoms with E-state index in [1.165, 1.54) is 10.4 Å². The summed E-state index contributed by atoms with van der Waals surface area (Å²) in [6.45, 7) is 6.77. The van der Waals surface area contributed by atoms with E-state index < -0.39 is 8.80 Å². The maximum atomic E-state index is 11.1. The smallest absolute Gasteiger partial charge is 0.185 e. The van der Waals surface area contributed by atoms with E-state index in [0.717, 1.165) is 12.0 Å². The average Bonchev–Trinajstić information content (AvgIpc) is 3.08. The van der Waals surface area contributed by atoms with Gasteiger partial charge in [0.05, 0.1) is 0 Å². The lowest BCUT2D eigenvalue weighted by molar-refractivity contribution is 0.109. The monoisotopic (exact) mass is 348 g/mol. The zero-order valence-electron chi connectivity index (χ0n) is 15.0. The molecule has 0 aliphatic rings. The Hall–Kier alpha value is -2.39. The van der Waals surface area contributed by atoms with Crippen LogP contribution in [0.4, 0.5) is 0 Å². The first-order chi connectivity index (χ1) is 12.0. The zero-order valence-corrected chi connectivity index (χ0v) is 16.1. The molecule has 0 amide bonds. The van der Waals surface area contributed by atoms with E-state index >= 15 is 0 Å². The van der Waals surface area contributed by atoms with Crippen molar-refractivity contribution in [1.82, 2.24) is 0 Å². The predicted molar refractivity (Wildman–Crippen MR) is 106 cm³/mol. The Morgan fingerprint density at radius 2 is 1.36 bits per heavy atom. The van der Waals surface area contributed by atoms with Gasteiger partial charge in [0.15, 0.2) is 12.0 Å². The molecule has 1 aromatic heterocycles. The molecule has 0 spiro atoms. The highest BCUT2D eigenvalue weighted by atomic mass is 28.3. The number of hydrogen-bond donors (Lipinski definition) is 0. The lowest BCUT2D eigenvalue weighted by Gasteiger charge is -2.35. The van der Waals surface area contributed by atoms with Crippen molar-refractivity contribution < 1.29 is 9.21 Å². The van der Waals surface area contributed by atoms with Crippen LogP contribution in [0.15, 0.2) is 77.2 Å². The summed E-state index contributed by atoms with van der Waals surface area (Å²) in [7, 11) is -1.62. The van der Waals surface area contributed by atoms with Gasteiger partial charge in [-0.25, -0.2) is 0 Å². The first-order valence-corrected chi connectivity index (χ1v) is 10.5. The molecule has 0 bridgehead atoms. The Labute approximate surface area is 151 Å². The van der Waals surface area contributed by atoms with Gasteiger partial charge in [-0.15, -0.1) is 0 Å². The molecule has 3 aromatic rings. The first-order valence-electron chi connectivity index (χ1n) is 8.65. The number of furan rings is 1. The van der Waals surface area contributed by atoms with Gasteiger partial charge in [0.25, 0.3) is 0 Å². The van der Waals surface area contributed by atoms with Gasteiger partial charge in [-0.3, -0.25) is 4.79 Å². The number of carbonyl (C=O) groups excluding carboxylic acids is 1. The van der Waals surface area contributed by atoms with Crippen LogP contribution in [0.5, 0.6) is 0 Å². The molecule has 0 fully saturated rings. The molecule has 1 unspecified atom stereocenters. The largest absolute Gasteiger partial charge is 0.458 e. The number of hydrogen-bond acceptors (Lipinski definition) is 2. The summed E-state index contributed by atoms with van der Waals surface area (Å²) in [5.41, 5.74) is 0.256. The fourth-order valence-electron chi connectivity index (χ4n) is 3.59. The summed E-state index contributed by atoms with van der Waals surface area (Å²) < 4.78 is 5.91. The molecule has 0 aliphatic carbocycles. The summed E-state index contributed by atoms with van der Waals surface area (Å²) >= 11 is 0. The molecule has 2 nitrogen and oxygen atoms in total. The molecular weight excluding hydrogens is 324 g/mol. The summed E-state index contributed by atoms with van der Waals surface area (Å²) in [5, 5.41) is 2.77. The van der Waals surface area contributed by atoms with Crippen LogP contribution in [-0.4, -0.2) is 15.1 Å². The van der Waals surface area contributed by atoms with Gasteiger partial charge in [-0.05, 0) is 17.5 Å². The van der Waals surface area contributed by atoms with Crippen LogP contribution in [0.1, 0.15) is 42.6 Å². The summed E-state index contributed by atoms with van der Waals surface area (Å²) in [6, 6.07) is 25.2. The van der Waals surface area contributed by atoms with Crippen molar-refractivity contribution in [3.05, 3.63) is 84.3 Å². The molecule has 3 rings (SSSR count). The van der Waals surface area contributed by atoms with Crippen molar-refractivity contribution in [2.24, 2.45) is 5.41 Å². The Kier molecular flexibility index (Phi) is 5.05. The lowest BCUT2D eigenvalue weighted by Crippen LogP contribution is -2.51. The number of rotatable bonds is 5. The molecule has 1 heterocycles. The molecule has 25 heavy (non-hydrogen) atoms. The van der Waals surface area contributed by atoms with E-state index in [0.29, 0.717) is 5.76 Å². The van der Waals surface area contributed by atoms with Crippen LogP contribution in [0, 0.1) is 5.41 Å². The van der Waals surface area contributed by atoms with Crippen LogP contribution in [0.25, 0.3) is 0 Å². The van der Waals surface area contributed by atoms with Crippen LogP contribution in [0.3, 0.4) is 0 Å². The van der Waals surface area contributed by atoms with Gasteiger partial charge in [0.2, 0.25) is 0 Å². The normalized spacial score (nSPS) is 13.0. The van der Waals surface area contributed by atoms with Crippen LogP contribution < -0.4 is 10.4 Å². The van der Waals surface area contributed by atoms with E-state index in [1.54, 1.807) is 6.07 Å². The molecule has 1 atom stereocenters. The highest BCUT2D eigenvalue weighted by molar-refractivity contribution is 6.86. The van der Waals surface area contributed by atoms with Crippen LogP contribution >= 0.6 is 0 Å². The van der Waals surface area contributed by atoms with E-state index in [2.05, 4.69) is 81.4 Å². The summed E-state index contributed by atoms with van der Waals surface area (Å²) in [6.07, 6.45) is 0.783. The highest BCUT2D eigenvalue weighted by Crippen LogP contribution is 2.37. The maximum absolute atomic E-state index is 11.1. The standard InChI is InChI=1S/C22H24O2Si/c1-22(2,3)21(20-15-14-17(16-23)24-20)25(18-10-6-4-7-11-18)19-12-8-5-9-13-19/h4-16,21,25H,1-3H3. The highest BCUT2D eigenvalue weighted by Gasteiger charge is 2.38. The minimum absolute atomic E-state index is 0.0145. The second-order valence-corrected chi connectivity index (χ2v) is 10.5. The zero-order chi connectivity index (χ0) is 17.9. The molecule has 0 saturated heterocycles. The number of carbonyl (C=O) groups is 1.